The van der Waals surface area contributed by atoms with Gasteiger partial charge in [0.05, 0.1) is 23.7 Å². The normalized spacial score (nSPS) is 15.5. The first-order chi connectivity index (χ1) is 15.9. The van der Waals surface area contributed by atoms with Crippen LogP contribution in [0.4, 0.5) is 20.5 Å². The van der Waals surface area contributed by atoms with Crippen molar-refractivity contribution >= 4 is 28.6 Å². The lowest BCUT2D eigenvalue weighted by atomic mass is 10.1. The van der Waals surface area contributed by atoms with E-state index >= 15 is 0 Å². The first-order valence-electron chi connectivity index (χ1n) is 10.5. The summed E-state index contributed by atoms with van der Waals surface area (Å²) in [5.41, 5.74) is 2.93. The van der Waals surface area contributed by atoms with Gasteiger partial charge in [-0.1, -0.05) is 12.1 Å². The highest BCUT2D eigenvalue weighted by atomic mass is 19.3. The van der Waals surface area contributed by atoms with E-state index in [1.54, 1.807) is 35.8 Å². The molecule has 4 heterocycles. The lowest BCUT2D eigenvalue weighted by molar-refractivity contribution is -0.0221. The molecule has 0 unspecified atom stereocenters. The van der Waals surface area contributed by atoms with Gasteiger partial charge in [-0.15, -0.1) is 0 Å². The molecule has 168 valence electrons. The molecule has 1 aliphatic rings. The molecular weight excluding hydrogens is 428 g/mol. The summed E-state index contributed by atoms with van der Waals surface area (Å²) < 4.78 is 28.8. The van der Waals surface area contributed by atoms with Gasteiger partial charge in [-0.05, 0) is 18.2 Å². The quantitative estimate of drug-likeness (QED) is 0.508. The number of rotatable bonds is 4. The van der Waals surface area contributed by atoms with Crippen molar-refractivity contribution in [1.29, 1.82) is 0 Å². The van der Waals surface area contributed by atoms with E-state index in [9.17, 15) is 13.6 Å². The molecule has 1 amide bonds. The SMILES string of the molecule is Cn1cncc1-c1ccc2cnc(NC(=O)c3ccnc(N4CCC(F)(F)CC4)c3)nc2c1. The minimum atomic E-state index is -2.64. The van der Waals surface area contributed by atoms with Crippen LogP contribution in [0.15, 0.2) is 55.2 Å². The number of piperidine rings is 1. The van der Waals surface area contributed by atoms with Crippen LogP contribution in [0.25, 0.3) is 22.2 Å². The highest BCUT2D eigenvalue weighted by molar-refractivity contribution is 6.04. The van der Waals surface area contributed by atoms with Gasteiger partial charge in [-0.3, -0.25) is 10.1 Å². The molecule has 5 rings (SSSR count). The third-order valence-electron chi connectivity index (χ3n) is 5.75. The number of anilines is 2. The molecule has 4 aromatic rings. The number of pyridine rings is 1. The maximum atomic E-state index is 13.4. The van der Waals surface area contributed by atoms with Gasteiger partial charge in [0.25, 0.3) is 11.8 Å². The van der Waals surface area contributed by atoms with E-state index < -0.39 is 11.8 Å². The molecule has 1 fully saturated rings. The smallest absolute Gasteiger partial charge is 0.258 e. The molecule has 10 heteroatoms. The van der Waals surface area contributed by atoms with Gasteiger partial charge in [-0.25, -0.2) is 28.7 Å². The predicted molar refractivity (Wildman–Crippen MR) is 120 cm³/mol. The van der Waals surface area contributed by atoms with Gasteiger partial charge in [0.15, 0.2) is 0 Å². The third-order valence-corrected chi connectivity index (χ3v) is 5.75. The van der Waals surface area contributed by atoms with Crippen LogP contribution in [0.3, 0.4) is 0 Å². The van der Waals surface area contributed by atoms with E-state index in [2.05, 4.69) is 25.3 Å². The Morgan fingerprint density at radius 2 is 1.91 bits per heavy atom. The van der Waals surface area contributed by atoms with Crippen molar-refractivity contribution in [1.82, 2.24) is 24.5 Å². The highest BCUT2D eigenvalue weighted by Gasteiger charge is 2.34. The van der Waals surface area contributed by atoms with E-state index in [-0.39, 0.29) is 31.9 Å². The Kier molecular flexibility index (Phi) is 5.20. The maximum Gasteiger partial charge on any atom is 0.258 e. The Bertz CT molecular complexity index is 1330. The van der Waals surface area contributed by atoms with Gasteiger partial charge < -0.3 is 9.47 Å². The van der Waals surface area contributed by atoms with Crippen LogP contribution < -0.4 is 10.2 Å². The number of nitrogens with one attached hydrogen (secondary N) is 1. The summed E-state index contributed by atoms with van der Waals surface area (Å²) in [6.45, 7) is 0.385. The van der Waals surface area contributed by atoms with Crippen molar-refractivity contribution in [2.45, 2.75) is 18.8 Å². The molecule has 8 nitrogen and oxygen atoms in total. The second kappa shape index (κ2) is 8.19. The van der Waals surface area contributed by atoms with Gasteiger partial charge in [0.2, 0.25) is 5.95 Å². The third kappa shape index (κ3) is 4.36. The topological polar surface area (TPSA) is 88.8 Å². The molecule has 0 aliphatic carbocycles. The first kappa shape index (κ1) is 20.9. The second-order valence-corrected chi connectivity index (χ2v) is 8.06. The fraction of sp³-hybridized carbons (Fsp3) is 0.261. The number of amides is 1. The number of carbonyl (C=O) groups is 1. The average molecular weight is 449 g/mol. The van der Waals surface area contributed by atoms with Gasteiger partial charge in [0.1, 0.15) is 5.82 Å². The van der Waals surface area contributed by atoms with Crippen molar-refractivity contribution in [3.63, 3.8) is 0 Å². The molecule has 0 bridgehead atoms. The molecule has 0 saturated carbocycles. The molecule has 3 aromatic heterocycles. The van der Waals surface area contributed by atoms with E-state index in [1.807, 2.05) is 29.8 Å². The van der Waals surface area contributed by atoms with Gasteiger partial charge >= 0.3 is 0 Å². The van der Waals surface area contributed by atoms with Crippen LogP contribution in [-0.2, 0) is 7.05 Å². The predicted octanol–water partition coefficient (Wildman–Crippen LogP) is 3.91. The Morgan fingerprint density at radius 3 is 2.67 bits per heavy atom. The van der Waals surface area contributed by atoms with Gasteiger partial charge in [0, 0.05) is 61.9 Å². The molecule has 1 N–H and O–H groups in total. The zero-order valence-electron chi connectivity index (χ0n) is 17.9. The minimum absolute atomic E-state index is 0.172. The van der Waals surface area contributed by atoms with Crippen LogP contribution in [0.5, 0.6) is 0 Å². The zero-order chi connectivity index (χ0) is 23.0. The summed E-state index contributed by atoms with van der Waals surface area (Å²) in [6, 6.07) is 8.97. The second-order valence-electron chi connectivity index (χ2n) is 8.06. The number of carbonyl (C=O) groups excluding carboxylic acids is 1. The van der Waals surface area contributed by atoms with Crippen LogP contribution in [0.2, 0.25) is 0 Å². The highest BCUT2D eigenvalue weighted by Crippen LogP contribution is 2.30. The van der Waals surface area contributed by atoms with E-state index in [0.717, 1.165) is 16.6 Å². The fourth-order valence-corrected chi connectivity index (χ4v) is 3.85. The number of nitrogens with zero attached hydrogens (tertiary/aromatic N) is 6. The monoisotopic (exact) mass is 449 g/mol. The van der Waals surface area contributed by atoms with Crippen LogP contribution >= 0.6 is 0 Å². The minimum Gasteiger partial charge on any atom is -0.356 e. The molecule has 0 atom stereocenters. The Balaban J connectivity index is 1.35. The lowest BCUT2D eigenvalue weighted by Crippen LogP contribution is -2.39. The van der Waals surface area contributed by atoms with Crippen molar-refractivity contribution < 1.29 is 13.6 Å². The number of alkyl halides is 2. The molecule has 0 radical (unpaired) electrons. The number of fused-ring (bicyclic) bond motifs is 1. The molecule has 1 saturated heterocycles. The van der Waals surface area contributed by atoms with Crippen LogP contribution in [0, 0.1) is 0 Å². The maximum absolute atomic E-state index is 13.4. The van der Waals surface area contributed by atoms with Crippen LogP contribution in [0.1, 0.15) is 23.2 Å². The first-order valence-corrected chi connectivity index (χ1v) is 10.5. The van der Waals surface area contributed by atoms with Crippen molar-refractivity contribution in [3.05, 3.63) is 60.8 Å². The molecule has 1 aromatic carbocycles. The van der Waals surface area contributed by atoms with Crippen molar-refractivity contribution in [3.8, 4) is 11.3 Å². The molecule has 33 heavy (non-hydrogen) atoms. The summed E-state index contributed by atoms with van der Waals surface area (Å²) in [4.78, 5) is 31.7. The fourth-order valence-electron chi connectivity index (χ4n) is 3.85. The Morgan fingerprint density at radius 1 is 1.09 bits per heavy atom. The summed E-state index contributed by atoms with van der Waals surface area (Å²) in [7, 11) is 1.91. The molecule has 0 spiro atoms. The largest absolute Gasteiger partial charge is 0.356 e. The number of aromatic nitrogens is 5. The summed E-state index contributed by atoms with van der Waals surface area (Å²) in [5, 5.41) is 3.55. The summed E-state index contributed by atoms with van der Waals surface area (Å²) in [6.07, 6.45) is 6.20. The number of hydrogen-bond acceptors (Lipinski definition) is 6. The van der Waals surface area contributed by atoms with E-state index in [1.165, 1.54) is 6.20 Å². The average Bonchev–Trinajstić information content (AvgIpc) is 3.24. The number of imidazole rings is 1. The summed E-state index contributed by atoms with van der Waals surface area (Å²) >= 11 is 0. The van der Waals surface area contributed by atoms with E-state index in [0.29, 0.717) is 16.9 Å². The Labute approximate surface area is 188 Å². The van der Waals surface area contributed by atoms with Crippen molar-refractivity contribution in [2.75, 3.05) is 23.3 Å². The number of hydrogen-bond donors (Lipinski definition) is 1. The zero-order valence-corrected chi connectivity index (χ0v) is 17.9. The van der Waals surface area contributed by atoms with Gasteiger partial charge in [-0.2, -0.15) is 0 Å². The summed E-state index contributed by atoms with van der Waals surface area (Å²) in [5.74, 6) is -2.37. The molecular formula is C23H21F2N7O. The van der Waals surface area contributed by atoms with Crippen LogP contribution in [-0.4, -0.2) is 49.4 Å². The van der Waals surface area contributed by atoms with E-state index in [4.69, 9.17) is 0 Å². The standard InChI is InChI=1S/C23H21F2N7O/c1-31-14-26-13-19(31)15-2-3-17-12-28-22(29-18(17)10-15)30-21(33)16-4-7-27-20(11-16)32-8-5-23(24,25)6-9-32/h2-4,7,10-14H,5-6,8-9H2,1H3,(H,28,29,30,33). The number of aryl methyl sites for hydroxylation is 1. The number of benzene rings is 1. The lowest BCUT2D eigenvalue weighted by Gasteiger charge is -2.32. The van der Waals surface area contributed by atoms with Crippen molar-refractivity contribution in [2.24, 2.45) is 7.05 Å². The molecule has 1 aliphatic heterocycles. The Hall–Kier alpha value is -3.95. The number of halogens is 2.